The molecule has 3 atom stereocenters. The maximum absolute atomic E-state index is 5.93. The van der Waals surface area contributed by atoms with Gasteiger partial charge in [0.05, 0.1) is 0 Å². The molecule has 0 aliphatic heterocycles. The van der Waals surface area contributed by atoms with E-state index in [2.05, 4.69) is 25.7 Å². The molecule has 0 aromatic carbocycles. The molecule has 0 bridgehead atoms. The zero-order valence-corrected chi connectivity index (χ0v) is 12.8. The lowest BCUT2D eigenvalue weighted by Crippen LogP contribution is -2.42. The first-order chi connectivity index (χ1) is 8.76. The Balaban J connectivity index is 2.48. The number of hydrogen-bond donors (Lipinski definition) is 1. The van der Waals surface area contributed by atoms with Gasteiger partial charge in [-0.1, -0.05) is 46.5 Å². The third-order valence-electron chi connectivity index (χ3n) is 4.83. The van der Waals surface area contributed by atoms with Crippen LogP contribution in [0.5, 0.6) is 0 Å². The first-order valence-corrected chi connectivity index (χ1v) is 8.20. The Morgan fingerprint density at radius 3 is 2.56 bits per heavy atom. The van der Waals surface area contributed by atoms with Crippen molar-refractivity contribution in [1.29, 1.82) is 0 Å². The van der Waals surface area contributed by atoms with Crippen LogP contribution in [0.4, 0.5) is 0 Å². The van der Waals surface area contributed by atoms with Crippen molar-refractivity contribution in [2.45, 2.75) is 71.8 Å². The van der Waals surface area contributed by atoms with E-state index in [-0.39, 0.29) is 0 Å². The lowest BCUT2D eigenvalue weighted by Gasteiger charge is -2.34. The summed E-state index contributed by atoms with van der Waals surface area (Å²) in [6.45, 7) is 10.3. The molecule has 18 heavy (non-hydrogen) atoms. The van der Waals surface area contributed by atoms with Crippen LogP contribution in [0.3, 0.4) is 0 Å². The molecule has 1 fully saturated rings. The van der Waals surface area contributed by atoms with Gasteiger partial charge in [-0.25, -0.2) is 0 Å². The summed E-state index contributed by atoms with van der Waals surface area (Å²) in [7, 11) is 0. The fourth-order valence-corrected chi connectivity index (χ4v) is 3.52. The molecule has 0 radical (unpaired) electrons. The number of nitrogens with two attached hydrogens (primary N) is 1. The predicted molar refractivity (Wildman–Crippen MR) is 80.7 cm³/mol. The Hall–Kier alpha value is -0.0800. The van der Waals surface area contributed by atoms with E-state index < -0.39 is 0 Å². The summed E-state index contributed by atoms with van der Waals surface area (Å²) in [6, 6.07) is 0.774. The van der Waals surface area contributed by atoms with Crippen LogP contribution in [0.15, 0.2) is 0 Å². The molecule has 1 rings (SSSR count). The molecule has 1 saturated carbocycles. The van der Waals surface area contributed by atoms with E-state index >= 15 is 0 Å². The minimum Gasteiger partial charge on any atom is -0.330 e. The van der Waals surface area contributed by atoms with E-state index in [0.29, 0.717) is 0 Å². The second kappa shape index (κ2) is 8.92. The Labute approximate surface area is 114 Å². The molecule has 0 spiro atoms. The van der Waals surface area contributed by atoms with Crippen molar-refractivity contribution in [3.8, 4) is 0 Å². The highest BCUT2D eigenvalue weighted by Crippen LogP contribution is 2.30. The fraction of sp³-hybridized carbons (Fsp3) is 1.00. The lowest BCUT2D eigenvalue weighted by atomic mass is 9.96. The van der Waals surface area contributed by atoms with Gasteiger partial charge in [-0.15, -0.1) is 0 Å². The minimum absolute atomic E-state index is 0.758. The quantitative estimate of drug-likeness (QED) is 0.680. The lowest BCUT2D eigenvalue weighted by molar-refractivity contribution is 0.139. The van der Waals surface area contributed by atoms with Gasteiger partial charge in [-0.2, -0.15) is 0 Å². The van der Waals surface area contributed by atoms with Crippen LogP contribution in [-0.2, 0) is 0 Å². The zero-order valence-electron chi connectivity index (χ0n) is 12.8. The van der Waals surface area contributed by atoms with Gasteiger partial charge in [0.2, 0.25) is 0 Å². The van der Waals surface area contributed by atoms with Crippen LogP contribution in [0, 0.1) is 11.8 Å². The number of hydrogen-bond acceptors (Lipinski definition) is 2. The zero-order chi connectivity index (χ0) is 13.4. The number of unbranched alkanes of at least 4 members (excludes halogenated alkanes) is 1. The molecule has 0 amide bonds. The normalized spacial score (nSPS) is 25.8. The molecule has 0 saturated heterocycles. The Morgan fingerprint density at radius 2 is 2.00 bits per heavy atom. The summed E-state index contributed by atoms with van der Waals surface area (Å²) in [4.78, 5) is 2.73. The molecule has 1 aliphatic carbocycles. The van der Waals surface area contributed by atoms with Crippen molar-refractivity contribution in [2.24, 2.45) is 17.6 Å². The van der Waals surface area contributed by atoms with E-state index in [0.717, 1.165) is 24.4 Å². The van der Waals surface area contributed by atoms with Crippen molar-refractivity contribution >= 4 is 0 Å². The largest absolute Gasteiger partial charge is 0.330 e. The van der Waals surface area contributed by atoms with Gasteiger partial charge in [-0.3, -0.25) is 0 Å². The molecule has 0 aromatic heterocycles. The average molecular weight is 254 g/mol. The maximum Gasteiger partial charge on any atom is 0.0135 e. The van der Waals surface area contributed by atoms with Crippen LogP contribution < -0.4 is 5.73 Å². The average Bonchev–Trinajstić information content (AvgIpc) is 2.87. The third kappa shape index (κ3) is 4.55. The van der Waals surface area contributed by atoms with Gasteiger partial charge < -0.3 is 10.6 Å². The highest BCUT2D eigenvalue weighted by molar-refractivity contribution is 4.86. The van der Waals surface area contributed by atoms with Crippen molar-refractivity contribution in [2.75, 3.05) is 19.6 Å². The molecular weight excluding hydrogens is 220 g/mol. The smallest absolute Gasteiger partial charge is 0.0135 e. The summed E-state index contributed by atoms with van der Waals surface area (Å²) in [6.07, 6.45) is 9.57. The second-order valence-corrected chi connectivity index (χ2v) is 6.00. The highest BCUT2D eigenvalue weighted by atomic mass is 15.2. The molecule has 0 heterocycles. The van der Waals surface area contributed by atoms with E-state index in [9.17, 15) is 0 Å². The molecule has 2 N–H and O–H groups in total. The Morgan fingerprint density at radius 1 is 1.22 bits per heavy atom. The molecular formula is C16H34N2. The topological polar surface area (TPSA) is 29.3 Å². The standard InChI is InChI=1S/C16H34N2/c1-4-7-9-14(5-2)13-18(6-3)16-11-8-10-15(16)12-17/h14-16H,4-13,17H2,1-3H3. The first-order valence-electron chi connectivity index (χ1n) is 8.20. The summed E-state index contributed by atoms with van der Waals surface area (Å²) >= 11 is 0. The van der Waals surface area contributed by atoms with E-state index in [1.807, 2.05) is 0 Å². The van der Waals surface area contributed by atoms with Crippen molar-refractivity contribution in [3.63, 3.8) is 0 Å². The molecule has 1 aliphatic rings. The molecule has 2 nitrogen and oxygen atoms in total. The molecule has 108 valence electrons. The van der Waals surface area contributed by atoms with E-state index in [1.165, 1.54) is 58.0 Å². The van der Waals surface area contributed by atoms with Crippen LogP contribution in [0.1, 0.15) is 65.7 Å². The van der Waals surface area contributed by atoms with E-state index in [4.69, 9.17) is 5.73 Å². The molecule has 0 aromatic rings. The Kier molecular flexibility index (Phi) is 7.92. The monoisotopic (exact) mass is 254 g/mol. The summed E-state index contributed by atoms with van der Waals surface area (Å²) in [5.74, 6) is 1.65. The van der Waals surface area contributed by atoms with Gasteiger partial charge in [0.15, 0.2) is 0 Å². The molecule has 3 unspecified atom stereocenters. The fourth-order valence-electron chi connectivity index (χ4n) is 3.52. The predicted octanol–water partition coefficient (Wildman–Crippen LogP) is 3.65. The van der Waals surface area contributed by atoms with Gasteiger partial charge in [0.1, 0.15) is 0 Å². The minimum atomic E-state index is 0.758. The molecule has 2 heteroatoms. The van der Waals surface area contributed by atoms with Crippen LogP contribution in [0.2, 0.25) is 0 Å². The van der Waals surface area contributed by atoms with Crippen molar-refractivity contribution in [1.82, 2.24) is 4.90 Å². The van der Waals surface area contributed by atoms with Crippen molar-refractivity contribution in [3.05, 3.63) is 0 Å². The summed E-state index contributed by atoms with van der Waals surface area (Å²) < 4.78 is 0. The van der Waals surface area contributed by atoms with Gasteiger partial charge >= 0.3 is 0 Å². The first kappa shape index (κ1) is 16.0. The van der Waals surface area contributed by atoms with E-state index in [1.54, 1.807) is 0 Å². The third-order valence-corrected chi connectivity index (χ3v) is 4.83. The summed E-state index contributed by atoms with van der Waals surface area (Å²) in [5.41, 5.74) is 5.93. The van der Waals surface area contributed by atoms with Gasteiger partial charge in [0, 0.05) is 12.6 Å². The van der Waals surface area contributed by atoms with Gasteiger partial charge in [0.25, 0.3) is 0 Å². The van der Waals surface area contributed by atoms with Crippen LogP contribution in [-0.4, -0.2) is 30.6 Å². The Bertz CT molecular complexity index is 205. The van der Waals surface area contributed by atoms with Crippen molar-refractivity contribution < 1.29 is 0 Å². The number of nitrogens with zero attached hydrogens (tertiary/aromatic N) is 1. The maximum atomic E-state index is 5.93. The summed E-state index contributed by atoms with van der Waals surface area (Å²) in [5, 5.41) is 0. The SMILES string of the molecule is CCCCC(CC)CN(CC)C1CCCC1CN. The van der Waals surface area contributed by atoms with Crippen LogP contribution >= 0.6 is 0 Å². The van der Waals surface area contributed by atoms with Gasteiger partial charge in [-0.05, 0) is 44.2 Å². The number of rotatable bonds is 9. The second-order valence-electron chi connectivity index (χ2n) is 6.00. The highest BCUT2D eigenvalue weighted by Gasteiger charge is 2.31. The van der Waals surface area contributed by atoms with Crippen LogP contribution in [0.25, 0.3) is 0 Å².